The number of carbonyl (C=O) groups excluding carboxylic acids is 2. The molecule has 1 fully saturated rings. The van der Waals surface area contributed by atoms with Crippen LogP contribution >= 0.6 is 0 Å². The third-order valence-corrected chi connectivity index (χ3v) is 5.65. The van der Waals surface area contributed by atoms with Crippen LogP contribution in [0.15, 0.2) is 65.6 Å². The van der Waals surface area contributed by atoms with Crippen molar-refractivity contribution in [1.82, 2.24) is 9.62 Å². The standard InChI is InChI=1S/C19H20N2O5S/c22-18(20-27(24,25)16-10-5-2-6-11-16)17-12-7-13-21(17)19(23)26-14-15-8-3-1-4-9-15/h1-6,8-11,17H,7,12-14H2,(H,20,22). The first kappa shape index (κ1) is 18.9. The Bertz CT molecular complexity index is 900. The molecule has 8 heteroatoms. The fourth-order valence-electron chi connectivity index (χ4n) is 2.92. The zero-order valence-electron chi connectivity index (χ0n) is 14.6. The van der Waals surface area contributed by atoms with Crippen LogP contribution in [-0.4, -0.2) is 37.9 Å². The van der Waals surface area contributed by atoms with Crippen LogP contribution in [0.4, 0.5) is 4.79 Å². The van der Waals surface area contributed by atoms with Crippen molar-refractivity contribution in [2.24, 2.45) is 0 Å². The van der Waals surface area contributed by atoms with E-state index in [9.17, 15) is 18.0 Å². The van der Waals surface area contributed by atoms with E-state index >= 15 is 0 Å². The van der Waals surface area contributed by atoms with Gasteiger partial charge >= 0.3 is 6.09 Å². The minimum absolute atomic E-state index is 0.00505. The van der Waals surface area contributed by atoms with Crippen molar-refractivity contribution in [3.05, 3.63) is 66.2 Å². The molecule has 2 aromatic rings. The predicted octanol–water partition coefficient (Wildman–Crippen LogP) is 2.29. The molecule has 1 heterocycles. The van der Waals surface area contributed by atoms with Gasteiger partial charge in [-0.15, -0.1) is 0 Å². The largest absolute Gasteiger partial charge is 0.445 e. The molecule has 1 atom stereocenters. The van der Waals surface area contributed by atoms with Crippen molar-refractivity contribution >= 4 is 22.0 Å². The molecule has 0 aliphatic carbocycles. The molecule has 1 N–H and O–H groups in total. The predicted molar refractivity (Wildman–Crippen MR) is 98.1 cm³/mol. The van der Waals surface area contributed by atoms with Crippen LogP contribution < -0.4 is 4.72 Å². The van der Waals surface area contributed by atoms with Crippen molar-refractivity contribution in [3.63, 3.8) is 0 Å². The van der Waals surface area contributed by atoms with Gasteiger partial charge in [0.2, 0.25) is 0 Å². The molecule has 1 saturated heterocycles. The Balaban J connectivity index is 1.63. The first-order valence-electron chi connectivity index (χ1n) is 8.56. The number of likely N-dealkylation sites (tertiary alicyclic amines) is 1. The number of hydrogen-bond acceptors (Lipinski definition) is 5. The molecule has 1 aliphatic rings. The zero-order valence-corrected chi connectivity index (χ0v) is 15.4. The number of benzene rings is 2. The normalized spacial score (nSPS) is 16.7. The van der Waals surface area contributed by atoms with Gasteiger partial charge in [-0.1, -0.05) is 48.5 Å². The maximum absolute atomic E-state index is 12.5. The maximum Gasteiger partial charge on any atom is 0.410 e. The number of nitrogens with zero attached hydrogens (tertiary/aromatic N) is 1. The van der Waals surface area contributed by atoms with E-state index in [1.807, 2.05) is 30.3 Å². The van der Waals surface area contributed by atoms with Gasteiger partial charge in [-0.2, -0.15) is 0 Å². The molecule has 0 bridgehead atoms. The molecule has 142 valence electrons. The van der Waals surface area contributed by atoms with Crippen LogP contribution in [0.2, 0.25) is 0 Å². The van der Waals surface area contributed by atoms with Gasteiger partial charge in [0.05, 0.1) is 4.90 Å². The maximum atomic E-state index is 12.5. The lowest BCUT2D eigenvalue weighted by molar-refractivity contribution is -0.123. The first-order valence-corrected chi connectivity index (χ1v) is 10.0. The number of sulfonamides is 1. The third kappa shape index (κ3) is 4.65. The van der Waals surface area contributed by atoms with Crippen LogP contribution in [0.1, 0.15) is 18.4 Å². The SMILES string of the molecule is O=C(NS(=O)(=O)c1ccccc1)C1CCCN1C(=O)OCc1ccccc1. The highest BCUT2D eigenvalue weighted by Gasteiger charge is 2.36. The molecule has 27 heavy (non-hydrogen) atoms. The van der Waals surface area contributed by atoms with Crippen molar-refractivity contribution in [2.75, 3.05) is 6.54 Å². The lowest BCUT2D eigenvalue weighted by Gasteiger charge is -2.23. The Hall–Kier alpha value is -2.87. The average molecular weight is 388 g/mol. The van der Waals surface area contributed by atoms with Crippen molar-refractivity contribution in [3.8, 4) is 0 Å². The molecule has 0 radical (unpaired) electrons. The summed E-state index contributed by atoms with van der Waals surface area (Å²) in [5, 5.41) is 0. The van der Waals surface area contributed by atoms with E-state index in [1.165, 1.54) is 17.0 Å². The number of nitrogens with one attached hydrogen (secondary N) is 1. The lowest BCUT2D eigenvalue weighted by Crippen LogP contribution is -2.47. The van der Waals surface area contributed by atoms with Gasteiger partial charge in [0.15, 0.2) is 0 Å². The highest BCUT2D eigenvalue weighted by Crippen LogP contribution is 2.20. The van der Waals surface area contributed by atoms with Gasteiger partial charge in [0.25, 0.3) is 15.9 Å². The summed E-state index contributed by atoms with van der Waals surface area (Å²) < 4.78 is 32.0. The van der Waals surface area contributed by atoms with E-state index in [0.29, 0.717) is 19.4 Å². The highest BCUT2D eigenvalue weighted by atomic mass is 32.2. The highest BCUT2D eigenvalue weighted by molar-refractivity contribution is 7.90. The summed E-state index contributed by atoms with van der Waals surface area (Å²) >= 11 is 0. The van der Waals surface area contributed by atoms with Gasteiger partial charge in [-0.3, -0.25) is 9.69 Å². The van der Waals surface area contributed by atoms with E-state index in [2.05, 4.69) is 4.72 Å². The Morgan fingerprint density at radius 1 is 1.04 bits per heavy atom. The third-order valence-electron chi connectivity index (χ3n) is 4.28. The summed E-state index contributed by atoms with van der Waals surface area (Å²) in [7, 11) is -3.98. The van der Waals surface area contributed by atoms with E-state index in [-0.39, 0.29) is 11.5 Å². The smallest absolute Gasteiger partial charge is 0.410 e. The number of rotatable bonds is 5. The summed E-state index contributed by atoms with van der Waals surface area (Å²) in [4.78, 5) is 26.1. The lowest BCUT2D eigenvalue weighted by atomic mass is 10.2. The van der Waals surface area contributed by atoms with E-state index in [0.717, 1.165) is 5.56 Å². The minimum atomic E-state index is -3.98. The van der Waals surface area contributed by atoms with Gasteiger partial charge in [0.1, 0.15) is 12.6 Å². The average Bonchev–Trinajstić information content (AvgIpc) is 3.17. The molecule has 1 unspecified atom stereocenters. The van der Waals surface area contributed by atoms with E-state index in [4.69, 9.17) is 4.74 Å². The Labute approximate surface area is 158 Å². The van der Waals surface area contributed by atoms with E-state index in [1.54, 1.807) is 18.2 Å². The number of amides is 2. The fourth-order valence-corrected chi connectivity index (χ4v) is 3.95. The zero-order chi connectivity index (χ0) is 19.3. The quantitative estimate of drug-likeness (QED) is 0.848. The minimum Gasteiger partial charge on any atom is -0.445 e. The molecular weight excluding hydrogens is 368 g/mol. The Morgan fingerprint density at radius 3 is 2.33 bits per heavy atom. The molecule has 0 spiro atoms. The second-order valence-corrected chi connectivity index (χ2v) is 7.86. The van der Waals surface area contributed by atoms with Crippen molar-refractivity contribution in [2.45, 2.75) is 30.4 Å². The second kappa shape index (κ2) is 8.22. The summed E-state index contributed by atoms with van der Waals surface area (Å²) in [6.45, 7) is 0.434. The molecule has 2 aromatic carbocycles. The summed E-state index contributed by atoms with van der Waals surface area (Å²) in [6.07, 6.45) is 0.356. The first-order chi connectivity index (χ1) is 13.0. The molecule has 3 rings (SSSR count). The van der Waals surface area contributed by atoms with E-state index < -0.39 is 28.1 Å². The summed E-state index contributed by atoms with van der Waals surface area (Å²) in [5.74, 6) is -0.729. The second-order valence-electron chi connectivity index (χ2n) is 6.17. The van der Waals surface area contributed by atoms with Crippen LogP contribution in [0, 0.1) is 0 Å². The Morgan fingerprint density at radius 2 is 1.67 bits per heavy atom. The van der Waals surface area contributed by atoms with Crippen molar-refractivity contribution < 1.29 is 22.7 Å². The van der Waals surface area contributed by atoms with Crippen LogP contribution in [0.3, 0.4) is 0 Å². The molecule has 7 nitrogen and oxygen atoms in total. The molecule has 0 saturated carbocycles. The summed E-state index contributed by atoms with van der Waals surface area (Å²) in [5.41, 5.74) is 0.831. The van der Waals surface area contributed by atoms with Crippen LogP contribution in [0.5, 0.6) is 0 Å². The monoisotopic (exact) mass is 388 g/mol. The van der Waals surface area contributed by atoms with Crippen LogP contribution in [-0.2, 0) is 26.2 Å². The number of hydrogen-bond donors (Lipinski definition) is 1. The Kier molecular flexibility index (Phi) is 5.75. The number of ether oxygens (including phenoxy) is 1. The topological polar surface area (TPSA) is 92.8 Å². The molecule has 2 amide bonds. The van der Waals surface area contributed by atoms with Gasteiger partial charge < -0.3 is 4.74 Å². The van der Waals surface area contributed by atoms with Gasteiger partial charge in [-0.05, 0) is 30.5 Å². The molecule has 1 aliphatic heterocycles. The van der Waals surface area contributed by atoms with Gasteiger partial charge in [0, 0.05) is 6.54 Å². The number of carbonyl (C=O) groups is 2. The molecular formula is C19H20N2O5S. The fraction of sp³-hybridized carbons (Fsp3) is 0.263. The molecule has 0 aromatic heterocycles. The van der Waals surface area contributed by atoms with Crippen molar-refractivity contribution in [1.29, 1.82) is 0 Å². The van der Waals surface area contributed by atoms with Gasteiger partial charge in [-0.25, -0.2) is 17.9 Å². The summed E-state index contributed by atoms with van der Waals surface area (Å²) in [6, 6.07) is 15.9. The van der Waals surface area contributed by atoms with Crippen LogP contribution in [0.25, 0.3) is 0 Å².